The molecule has 0 bridgehead atoms. The molecule has 3 aromatic rings. The van der Waals surface area contributed by atoms with Gasteiger partial charge in [-0.05, 0) is 36.3 Å². The fourth-order valence-corrected chi connectivity index (χ4v) is 3.50. The second-order valence-electron chi connectivity index (χ2n) is 7.43. The minimum atomic E-state index is -4.47. The Morgan fingerprint density at radius 1 is 1.13 bits per heavy atom. The third-order valence-corrected chi connectivity index (χ3v) is 5.14. The van der Waals surface area contributed by atoms with Crippen molar-refractivity contribution in [3.63, 3.8) is 0 Å². The van der Waals surface area contributed by atoms with E-state index in [1.807, 2.05) is 30.5 Å². The van der Waals surface area contributed by atoms with Gasteiger partial charge >= 0.3 is 6.18 Å². The number of hydrogen-bond acceptors (Lipinski definition) is 3. The molecular formula is C25H26F3N3. The molecule has 1 atom stereocenters. The van der Waals surface area contributed by atoms with E-state index >= 15 is 0 Å². The molecule has 1 unspecified atom stereocenters. The Bertz CT molecular complexity index is 1090. The number of pyridine rings is 1. The summed E-state index contributed by atoms with van der Waals surface area (Å²) in [5.41, 5.74) is -0.443. The third-order valence-electron chi connectivity index (χ3n) is 5.14. The maximum atomic E-state index is 13.6. The Morgan fingerprint density at radius 2 is 1.84 bits per heavy atom. The Morgan fingerprint density at radius 3 is 2.55 bits per heavy atom. The van der Waals surface area contributed by atoms with Crippen LogP contribution in [0, 0.1) is 5.92 Å². The van der Waals surface area contributed by atoms with E-state index in [4.69, 9.17) is 0 Å². The highest BCUT2D eigenvalue weighted by Crippen LogP contribution is 2.38. The van der Waals surface area contributed by atoms with E-state index in [-0.39, 0.29) is 11.3 Å². The topological polar surface area (TPSA) is 37.3 Å². The molecule has 1 heterocycles. The van der Waals surface area contributed by atoms with Gasteiger partial charge in [0.05, 0.1) is 11.3 Å². The van der Waals surface area contributed by atoms with Crippen molar-refractivity contribution in [2.24, 2.45) is 10.9 Å². The smallest absolute Gasteiger partial charge is 0.325 e. The number of fused-ring (bicyclic) bond motifs is 1. The second kappa shape index (κ2) is 9.77. The van der Waals surface area contributed by atoms with Gasteiger partial charge in [-0.2, -0.15) is 13.2 Å². The summed E-state index contributed by atoms with van der Waals surface area (Å²) in [7, 11) is 0. The first-order valence-corrected chi connectivity index (χ1v) is 10.4. The molecule has 0 aliphatic heterocycles. The molecule has 1 N–H and O–H groups in total. The Hall–Kier alpha value is -3.15. The number of aliphatic imine (C=N–C) groups is 1. The maximum absolute atomic E-state index is 13.6. The third kappa shape index (κ3) is 5.51. The SMILES string of the molecule is C=C(N=CC(CC)CCC)Nc1nc(-c2ccccc2C(F)(F)F)cc2ccccc12. The molecule has 3 nitrogen and oxygen atoms in total. The lowest BCUT2D eigenvalue weighted by Gasteiger charge is -2.15. The lowest BCUT2D eigenvalue weighted by atomic mass is 10.0. The fourth-order valence-electron chi connectivity index (χ4n) is 3.50. The molecule has 0 amide bonds. The molecule has 0 fully saturated rings. The standard InChI is InChI=1S/C25H26F3N3/c1-4-10-18(5-2)16-29-17(3)30-24-20-12-7-6-11-19(20)15-23(31-24)21-13-8-9-14-22(21)25(26,27)28/h6-9,11-16,18H,3-5,10H2,1-2H3,(H,30,31). The lowest BCUT2D eigenvalue weighted by Crippen LogP contribution is -2.08. The summed E-state index contributed by atoms with van der Waals surface area (Å²) in [6.07, 6.45) is 0.495. The van der Waals surface area contributed by atoms with Crippen LogP contribution in [0.2, 0.25) is 0 Å². The van der Waals surface area contributed by atoms with Crippen LogP contribution in [0.5, 0.6) is 0 Å². The molecule has 0 aliphatic carbocycles. The van der Waals surface area contributed by atoms with Crippen molar-refractivity contribution < 1.29 is 13.2 Å². The molecule has 162 valence electrons. The number of rotatable bonds is 8. The Labute approximate surface area is 180 Å². The van der Waals surface area contributed by atoms with Crippen LogP contribution in [0.1, 0.15) is 38.7 Å². The van der Waals surface area contributed by atoms with E-state index in [1.165, 1.54) is 12.1 Å². The number of anilines is 1. The van der Waals surface area contributed by atoms with Crippen molar-refractivity contribution in [3.05, 3.63) is 72.6 Å². The Kier molecular flexibility index (Phi) is 7.10. The first-order valence-electron chi connectivity index (χ1n) is 10.4. The molecule has 1 aromatic heterocycles. The molecule has 0 radical (unpaired) electrons. The van der Waals surface area contributed by atoms with Gasteiger partial charge in [-0.15, -0.1) is 0 Å². The fraction of sp³-hybridized carbons (Fsp3) is 0.280. The number of alkyl halides is 3. The lowest BCUT2D eigenvalue weighted by molar-refractivity contribution is -0.137. The first kappa shape index (κ1) is 22.5. The molecule has 0 spiro atoms. The summed E-state index contributed by atoms with van der Waals surface area (Å²) in [5.74, 6) is 1.18. The zero-order chi connectivity index (χ0) is 22.4. The summed E-state index contributed by atoms with van der Waals surface area (Å²) in [6.45, 7) is 8.19. The van der Waals surface area contributed by atoms with Gasteiger partial charge in [0.1, 0.15) is 11.6 Å². The van der Waals surface area contributed by atoms with Crippen molar-refractivity contribution in [3.8, 4) is 11.3 Å². The van der Waals surface area contributed by atoms with Gasteiger partial charge in [-0.25, -0.2) is 9.98 Å². The van der Waals surface area contributed by atoms with Crippen molar-refractivity contribution in [1.82, 2.24) is 4.98 Å². The Balaban J connectivity index is 2.02. The van der Waals surface area contributed by atoms with Crippen molar-refractivity contribution in [2.75, 3.05) is 5.32 Å². The monoisotopic (exact) mass is 425 g/mol. The van der Waals surface area contributed by atoms with Crippen LogP contribution in [0.4, 0.5) is 19.0 Å². The molecule has 0 saturated carbocycles. The zero-order valence-electron chi connectivity index (χ0n) is 17.7. The van der Waals surface area contributed by atoms with Crippen LogP contribution in [0.15, 0.2) is 72.0 Å². The van der Waals surface area contributed by atoms with Gasteiger partial charge in [-0.1, -0.05) is 69.3 Å². The number of benzene rings is 2. The number of hydrogen-bond donors (Lipinski definition) is 1. The van der Waals surface area contributed by atoms with Crippen LogP contribution in [0.25, 0.3) is 22.0 Å². The molecule has 2 aromatic carbocycles. The second-order valence-corrected chi connectivity index (χ2v) is 7.43. The van der Waals surface area contributed by atoms with Crippen LogP contribution in [0.3, 0.4) is 0 Å². The zero-order valence-corrected chi connectivity index (χ0v) is 17.7. The van der Waals surface area contributed by atoms with Gasteiger partial charge in [0.25, 0.3) is 0 Å². The summed E-state index contributed by atoms with van der Waals surface area (Å²) < 4.78 is 40.7. The van der Waals surface area contributed by atoms with Crippen LogP contribution in [-0.2, 0) is 6.18 Å². The number of halogens is 3. The van der Waals surface area contributed by atoms with Gasteiger partial charge in [0.2, 0.25) is 0 Å². The molecule has 0 saturated heterocycles. The average molecular weight is 425 g/mol. The molecule has 0 aliphatic rings. The molecule has 31 heavy (non-hydrogen) atoms. The van der Waals surface area contributed by atoms with E-state index in [2.05, 4.69) is 35.7 Å². The summed E-state index contributed by atoms with van der Waals surface area (Å²) in [6, 6.07) is 14.6. The summed E-state index contributed by atoms with van der Waals surface area (Å²) in [4.78, 5) is 8.95. The molecule has 3 rings (SSSR count). The van der Waals surface area contributed by atoms with Gasteiger partial charge in [0, 0.05) is 17.2 Å². The minimum absolute atomic E-state index is 0.0342. The minimum Gasteiger partial charge on any atom is -0.325 e. The van der Waals surface area contributed by atoms with Crippen molar-refractivity contribution in [2.45, 2.75) is 39.3 Å². The number of aromatic nitrogens is 1. The number of nitrogens with zero attached hydrogens (tertiary/aromatic N) is 2. The summed E-state index contributed by atoms with van der Waals surface area (Å²) in [5, 5.41) is 4.65. The normalized spacial score (nSPS) is 12.9. The molecule has 6 heteroatoms. The largest absolute Gasteiger partial charge is 0.417 e. The first-order chi connectivity index (χ1) is 14.8. The van der Waals surface area contributed by atoms with E-state index in [9.17, 15) is 13.2 Å². The van der Waals surface area contributed by atoms with Crippen LogP contribution < -0.4 is 5.32 Å². The maximum Gasteiger partial charge on any atom is 0.417 e. The van der Waals surface area contributed by atoms with Crippen molar-refractivity contribution in [1.29, 1.82) is 0 Å². The predicted molar refractivity (Wildman–Crippen MR) is 122 cm³/mol. The highest BCUT2D eigenvalue weighted by Gasteiger charge is 2.33. The van der Waals surface area contributed by atoms with E-state index in [0.29, 0.717) is 17.6 Å². The van der Waals surface area contributed by atoms with Gasteiger partial charge in [0.15, 0.2) is 0 Å². The van der Waals surface area contributed by atoms with Crippen LogP contribution in [-0.4, -0.2) is 11.2 Å². The number of nitrogens with one attached hydrogen (secondary N) is 1. The highest BCUT2D eigenvalue weighted by molar-refractivity contribution is 5.95. The van der Waals surface area contributed by atoms with E-state index < -0.39 is 11.7 Å². The van der Waals surface area contributed by atoms with Crippen molar-refractivity contribution >= 4 is 22.8 Å². The van der Waals surface area contributed by atoms with E-state index in [0.717, 1.165) is 36.1 Å². The van der Waals surface area contributed by atoms with Gasteiger partial charge < -0.3 is 5.32 Å². The summed E-state index contributed by atoms with van der Waals surface area (Å²) >= 11 is 0. The highest BCUT2D eigenvalue weighted by atomic mass is 19.4. The quantitative estimate of drug-likeness (QED) is 0.375. The van der Waals surface area contributed by atoms with Gasteiger partial charge in [-0.3, -0.25) is 0 Å². The average Bonchev–Trinajstić information content (AvgIpc) is 2.76. The predicted octanol–water partition coefficient (Wildman–Crippen LogP) is 7.70. The molecular weight excluding hydrogens is 399 g/mol. The van der Waals surface area contributed by atoms with E-state index in [1.54, 1.807) is 12.1 Å². The van der Waals surface area contributed by atoms with Crippen LogP contribution >= 0.6 is 0 Å².